The largest absolute Gasteiger partial charge is 0.492 e. The highest BCUT2D eigenvalue weighted by Gasteiger charge is 2.44. The minimum atomic E-state index is -2.73. The first-order valence-electron chi connectivity index (χ1n) is 11.4. The highest BCUT2D eigenvalue weighted by molar-refractivity contribution is 5.89. The minimum Gasteiger partial charge on any atom is -0.492 e. The fraction of sp³-hybridized carbons (Fsp3) is 0.520. The van der Waals surface area contributed by atoms with Gasteiger partial charge in [-0.1, -0.05) is 6.92 Å². The van der Waals surface area contributed by atoms with Crippen LogP contribution in [-0.2, 0) is 21.4 Å². The van der Waals surface area contributed by atoms with Gasteiger partial charge in [0.1, 0.15) is 11.3 Å². The van der Waals surface area contributed by atoms with Crippen LogP contribution in [0, 0.1) is 5.41 Å². The Kier molecular flexibility index (Phi) is 5.31. The summed E-state index contributed by atoms with van der Waals surface area (Å²) in [5.74, 6) is -0.478. The molecule has 33 heavy (non-hydrogen) atoms. The minimum absolute atomic E-state index is 0.0275. The van der Waals surface area contributed by atoms with Gasteiger partial charge in [-0.15, -0.1) is 0 Å². The summed E-state index contributed by atoms with van der Waals surface area (Å²) in [6.07, 6.45) is 2.24. The summed E-state index contributed by atoms with van der Waals surface area (Å²) in [5.41, 5.74) is 0.868. The average Bonchev–Trinajstić information content (AvgIpc) is 2.73. The molecule has 1 saturated heterocycles. The van der Waals surface area contributed by atoms with E-state index in [1.54, 1.807) is 19.2 Å². The Labute approximate surface area is 190 Å². The number of nitrogens with zero attached hydrogens (tertiary/aromatic N) is 1. The van der Waals surface area contributed by atoms with Gasteiger partial charge >= 0.3 is 5.97 Å². The van der Waals surface area contributed by atoms with Crippen LogP contribution in [-0.4, -0.2) is 37.0 Å². The van der Waals surface area contributed by atoms with Gasteiger partial charge in [0, 0.05) is 28.8 Å². The maximum absolute atomic E-state index is 14.0. The molecule has 176 valence electrons. The van der Waals surface area contributed by atoms with E-state index in [2.05, 4.69) is 0 Å². The Morgan fingerprint density at radius 3 is 2.58 bits per heavy atom. The van der Waals surface area contributed by atoms with E-state index in [-0.39, 0.29) is 34.4 Å². The maximum Gasteiger partial charge on any atom is 0.343 e. The van der Waals surface area contributed by atoms with Crippen molar-refractivity contribution in [2.24, 2.45) is 5.41 Å². The van der Waals surface area contributed by atoms with Crippen LogP contribution in [0.3, 0.4) is 0 Å². The van der Waals surface area contributed by atoms with Gasteiger partial charge < -0.3 is 18.8 Å². The van der Waals surface area contributed by atoms with Crippen molar-refractivity contribution in [1.82, 2.24) is 4.57 Å². The van der Waals surface area contributed by atoms with Gasteiger partial charge in [-0.2, -0.15) is 0 Å². The molecule has 8 heteroatoms. The highest BCUT2D eigenvalue weighted by atomic mass is 19.3. The molecule has 0 radical (unpaired) electrons. The number of hydrogen-bond acceptors (Lipinski definition) is 5. The number of carbonyl (C=O) groups excluding carboxylic acids is 1. The molecule has 2 aliphatic heterocycles. The molecule has 1 aromatic carbocycles. The van der Waals surface area contributed by atoms with Crippen molar-refractivity contribution < 1.29 is 27.8 Å². The lowest BCUT2D eigenvalue weighted by atomic mass is 9.69. The van der Waals surface area contributed by atoms with Gasteiger partial charge in [0.25, 0.3) is 6.43 Å². The van der Waals surface area contributed by atoms with Crippen LogP contribution < -0.4 is 10.2 Å². The van der Waals surface area contributed by atoms with E-state index >= 15 is 0 Å². The van der Waals surface area contributed by atoms with Gasteiger partial charge in [0.2, 0.25) is 0 Å². The van der Waals surface area contributed by atoms with E-state index in [9.17, 15) is 18.4 Å². The number of aromatic nitrogens is 1. The number of esters is 1. The van der Waals surface area contributed by atoms with Crippen molar-refractivity contribution in [3.8, 4) is 17.0 Å². The smallest absolute Gasteiger partial charge is 0.343 e. The molecule has 0 amide bonds. The molecule has 2 fully saturated rings. The second-order valence-electron chi connectivity index (χ2n) is 9.72. The van der Waals surface area contributed by atoms with E-state index in [4.69, 9.17) is 14.2 Å². The van der Waals surface area contributed by atoms with E-state index in [1.165, 1.54) is 12.1 Å². The number of pyridine rings is 1. The second kappa shape index (κ2) is 7.94. The van der Waals surface area contributed by atoms with Crippen LogP contribution >= 0.6 is 0 Å². The molecule has 1 aromatic heterocycles. The molecular formula is C25H27F2NO5. The first-order chi connectivity index (χ1) is 15.8. The Bertz CT molecular complexity index is 1160. The first kappa shape index (κ1) is 22.1. The lowest BCUT2D eigenvalue weighted by molar-refractivity contribution is -0.120. The van der Waals surface area contributed by atoms with Crippen LogP contribution in [0.4, 0.5) is 8.78 Å². The van der Waals surface area contributed by atoms with Crippen molar-refractivity contribution in [2.45, 2.75) is 51.5 Å². The molecule has 1 saturated carbocycles. The van der Waals surface area contributed by atoms with E-state index < -0.39 is 17.8 Å². The van der Waals surface area contributed by atoms with E-state index in [0.29, 0.717) is 37.5 Å². The molecule has 0 N–H and O–H groups in total. The monoisotopic (exact) mass is 459 g/mol. The molecule has 1 spiro atoms. The second-order valence-corrected chi connectivity index (χ2v) is 9.72. The molecule has 0 unspecified atom stereocenters. The molecule has 2 aromatic rings. The van der Waals surface area contributed by atoms with Crippen molar-refractivity contribution in [3.63, 3.8) is 0 Å². The molecule has 3 heterocycles. The average molecular weight is 459 g/mol. The summed E-state index contributed by atoms with van der Waals surface area (Å²) in [6, 6.07) is 4.54. The van der Waals surface area contributed by atoms with Gasteiger partial charge in [0.05, 0.1) is 37.7 Å². The summed E-state index contributed by atoms with van der Waals surface area (Å²) >= 11 is 0. The highest BCUT2D eigenvalue weighted by Crippen LogP contribution is 2.50. The normalized spacial score (nSPS) is 19.3. The predicted octanol–water partition coefficient (Wildman–Crippen LogP) is 4.48. The number of alkyl halides is 2. The zero-order valence-electron chi connectivity index (χ0n) is 18.8. The standard InChI is InChI=1S/C25H27F2NO5/c1-3-32-23(30)18-11-28-19(9-20(18)29)16-8-17(22(26)27)21(33-14-24(2)12-31-13-24)7-15(16)10-25(28)5-4-6-25/h7-9,11,22H,3-6,10,12-14H2,1-2H3. The zero-order chi connectivity index (χ0) is 23.4. The lowest BCUT2D eigenvalue weighted by Crippen LogP contribution is -2.46. The summed E-state index contributed by atoms with van der Waals surface area (Å²) < 4.78 is 46.2. The molecule has 0 bridgehead atoms. The first-order valence-corrected chi connectivity index (χ1v) is 11.4. The number of rotatable bonds is 6. The number of ether oxygens (including phenoxy) is 3. The SMILES string of the molecule is CCOC(=O)c1cn2c(cc1=O)-c1cc(C(F)F)c(OCC3(C)COC3)cc1CC21CCC1. The molecule has 0 atom stereocenters. The summed E-state index contributed by atoms with van der Waals surface area (Å²) in [5, 5.41) is 0. The Morgan fingerprint density at radius 1 is 1.24 bits per heavy atom. The van der Waals surface area contributed by atoms with Crippen LogP contribution in [0.2, 0.25) is 0 Å². The Balaban J connectivity index is 1.61. The van der Waals surface area contributed by atoms with Gasteiger partial charge in [-0.05, 0) is 50.3 Å². The van der Waals surface area contributed by atoms with Gasteiger partial charge in [0.15, 0.2) is 5.43 Å². The Hall–Kier alpha value is -2.74. The molecule has 1 aliphatic carbocycles. The third-order valence-electron chi connectivity index (χ3n) is 7.09. The van der Waals surface area contributed by atoms with Crippen molar-refractivity contribution in [2.75, 3.05) is 26.4 Å². The van der Waals surface area contributed by atoms with Crippen molar-refractivity contribution in [3.05, 3.63) is 51.3 Å². The lowest BCUT2D eigenvalue weighted by Gasteiger charge is -2.49. The topological polar surface area (TPSA) is 66.8 Å². The molecular weight excluding hydrogens is 432 g/mol. The van der Waals surface area contributed by atoms with E-state index in [1.807, 2.05) is 11.5 Å². The van der Waals surface area contributed by atoms with Crippen LogP contribution in [0.1, 0.15) is 61.0 Å². The fourth-order valence-corrected chi connectivity index (χ4v) is 5.04. The fourth-order valence-electron chi connectivity index (χ4n) is 5.04. The van der Waals surface area contributed by atoms with Crippen LogP contribution in [0.25, 0.3) is 11.3 Å². The maximum atomic E-state index is 14.0. The summed E-state index contributed by atoms with van der Waals surface area (Å²) in [7, 11) is 0. The van der Waals surface area contributed by atoms with Crippen molar-refractivity contribution >= 4 is 5.97 Å². The number of halogens is 2. The van der Waals surface area contributed by atoms with Crippen LogP contribution in [0.15, 0.2) is 29.2 Å². The number of hydrogen-bond donors (Lipinski definition) is 0. The summed E-state index contributed by atoms with van der Waals surface area (Å²) in [6.45, 7) is 5.25. The van der Waals surface area contributed by atoms with Gasteiger partial charge in [-0.3, -0.25) is 4.79 Å². The molecule has 6 nitrogen and oxygen atoms in total. The summed E-state index contributed by atoms with van der Waals surface area (Å²) in [4.78, 5) is 25.1. The molecule has 5 rings (SSSR count). The molecule has 3 aliphatic rings. The van der Waals surface area contributed by atoms with E-state index in [0.717, 1.165) is 24.8 Å². The quantitative estimate of drug-likeness (QED) is 0.596. The number of carbonyl (C=O) groups is 1. The van der Waals surface area contributed by atoms with Crippen molar-refractivity contribution in [1.29, 1.82) is 0 Å². The third-order valence-corrected chi connectivity index (χ3v) is 7.09. The predicted molar refractivity (Wildman–Crippen MR) is 117 cm³/mol. The zero-order valence-corrected chi connectivity index (χ0v) is 18.8. The number of benzene rings is 1. The third kappa shape index (κ3) is 3.64. The Morgan fingerprint density at radius 2 is 2.00 bits per heavy atom. The van der Waals surface area contributed by atoms with Crippen LogP contribution in [0.5, 0.6) is 5.75 Å². The number of fused-ring (bicyclic) bond motifs is 4. The van der Waals surface area contributed by atoms with Gasteiger partial charge in [-0.25, -0.2) is 13.6 Å².